The zero-order valence-corrected chi connectivity index (χ0v) is 13.5. The van der Waals surface area contributed by atoms with E-state index in [1.54, 1.807) is 6.07 Å². The minimum atomic E-state index is -1.57. The molecule has 1 heterocycles. The lowest BCUT2D eigenvalue weighted by molar-refractivity contribution is -0.168. The van der Waals surface area contributed by atoms with Crippen molar-refractivity contribution in [3.05, 3.63) is 28.6 Å². The molecule has 0 unspecified atom stereocenters. The molecule has 0 atom stereocenters. The molecule has 0 spiro atoms. The highest BCUT2D eigenvalue weighted by molar-refractivity contribution is 6.02. The molecular formula is C16H16N2O6. The van der Waals surface area contributed by atoms with Gasteiger partial charge in [0.2, 0.25) is 0 Å². The van der Waals surface area contributed by atoms with Gasteiger partial charge in [0.05, 0.1) is 39.5 Å². The number of nitriles is 1. The summed E-state index contributed by atoms with van der Waals surface area (Å²) in [5.74, 6) is -2.19. The highest BCUT2D eigenvalue weighted by Gasteiger charge is 2.53. The van der Waals surface area contributed by atoms with Gasteiger partial charge in [0.15, 0.2) is 11.1 Å². The summed E-state index contributed by atoms with van der Waals surface area (Å²) < 4.78 is 14.3. The number of pyridine rings is 1. The second-order valence-electron chi connectivity index (χ2n) is 5.35. The van der Waals surface area contributed by atoms with Crippen molar-refractivity contribution in [3.63, 3.8) is 0 Å². The summed E-state index contributed by atoms with van der Waals surface area (Å²) in [6, 6.07) is 3.56. The third kappa shape index (κ3) is 2.69. The van der Waals surface area contributed by atoms with Gasteiger partial charge in [0.25, 0.3) is 0 Å². The summed E-state index contributed by atoms with van der Waals surface area (Å²) >= 11 is 0. The number of fused-ring (bicyclic) bond motifs is 1. The van der Waals surface area contributed by atoms with Gasteiger partial charge in [0.1, 0.15) is 0 Å². The molecule has 24 heavy (non-hydrogen) atoms. The van der Waals surface area contributed by atoms with Crippen LogP contribution >= 0.6 is 0 Å². The Morgan fingerprint density at radius 3 is 2.29 bits per heavy atom. The van der Waals surface area contributed by atoms with Crippen molar-refractivity contribution in [2.75, 3.05) is 21.3 Å². The Bertz CT molecular complexity index is 734. The van der Waals surface area contributed by atoms with Crippen molar-refractivity contribution < 1.29 is 28.6 Å². The fraction of sp³-hybridized carbons (Fsp3) is 0.438. The molecule has 0 saturated carbocycles. The van der Waals surface area contributed by atoms with Crippen LogP contribution < -0.4 is 0 Å². The number of nitrogens with zero attached hydrogens (tertiary/aromatic N) is 2. The van der Waals surface area contributed by atoms with Crippen molar-refractivity contribution in [1.82, 2.24) is 4.98 Å². The molecule has 8 heteroatoms. The summed E-state index contributed by atoms with van der Waals surface area (Å²) in [5.41, 5.74) is -0.204. The number of hydrogen-bond acceptors (Lipinski definition) is 8. The van der Waals surface area contributed by atoms with E-state index in [0.29, 0.717) is 16.8 Å². The molecule has 0 aliphatic heterocycles. The largest absolute Gasteiger partial charge is 0.468 e. The van der Waals surface area contributed by atoms with Gasteiger partial charge in [-0.3, -0.25) is 9.59 Å². The lowest BCUT2D eigenvalue weighted by atomic mass is 9.84. The number of methoxy groups -OCH3 is 3. The van der Waals surface area contributed by atoms with Crippen LogP contribution in [0.2, 0.25) is 0 Å². The van der Waals surface area contributed by atoms with Crippen LogP contribution in [0.25, 0.3) is 0 Å². The summed E-state index contributed by atoms with van der Waals surface area (Å²) in [7, 11) is 3.56. The van der Waals surface area contributed by atoms with Gasteiger partial charge in [-0.05, 0) is 23.6 Å². The van der Waals surface area contributed by atoms with E-state index in [-0.39, 0.29) is 25.0 Å². The molecule has 0 fully saturated rings. The first kappa shape index (κ1) is 17.4. The number of carbonyl (C=O) groups excluding carboxylic acids is 3. The predicted octanol–water partition coefficient (Wildman–Crippen LogP) is 0.365. The quantitative estimate of drug-likeness (QED) is 0.441. The Kier molecular flexibility index (Phi) is 4.83. The minimum Gasteiger partial charge on any atom is -0.468 e. The van der Waals surface area contributed by atoms with E-state index in [2.05, 4.69) is 4.98 Å². The van der Waals surface area contributed by atoms with Gasteiger partial charge >= 0.3 is 17.9 Å². The van der Waals surface area contributed by atoms with Crippen LogP contribution in [0.4, 0.5) is 0 Å². The average molecular weight is 332 g/mol. The number of hydrogen-bond donors (Lipinski definition) is 0. The van der Waals surface area contributed by atoms with E-state index in [0.717, 1.165) is 0 Å². The first-order valence-corrected chi connectivity index (χ1v) is 7.07. The molecule has 0 amide bonds. The van der Waals surface area contributed by atoms with Crippen molar-refractivity contribution in [2.45, 2.75) is 19.3 Å². The summed E-state index contributed by atoms with van der Waals surface area (Å²) in [6.07, 6.45) is -0.0840. The zero-order valence-electron chi connectivity index (χ0n) is 13.5. The third-order valence-electron chi connectivity index (χ3n) is 4.03. The molecule has 0 bridgehead atoms. The number of esters is 3. The Labute approximate surface area is 138 Å². The SMILES string of the molecule is COC(=O)c1nc(CC#N)cc2c1CC(C(=O)OC)(C(=O)OC)C2. The van der Waals surface area contributed by atoms with Crippen LogP contribution in [0.5, 0.6) is 0 Å². The standard InChI is InChI=1S/C16H16N2O6/c1-22-13(19)12-11-8-16(14(20)23-2,15(21)24-3)7-9(11)6-10(18-12)4-5-17/h6H,4,7-8H2,1-3H3. The van der Waals surface area contributed by atoms with Crippen LogP contribution in [-0.2, 0) is 43.1 Å². The molecular weight excluding hydrogens is 316 g/mol. The fourth-order valence-electron chi connectivity index (χ4n) is 2.93. The zero-order chi connectivity index (χ0) is 17.9. The molecule has 1 aromatic rings. The lowest BCUT2D eigenvalue weighted by Gasteiger charge is -2.22. The fourth-order valence-corrected chi connectivity index (χ4v) is 2.93. The van der Waals surface area contributed by atoms with E-state index in [1.165, 1.54) is 21.3 Å². The topological polar surface area (TPSA) is 116 Å². The molecule has 0 aromatic carbocycles. The molecule has 1 aliphatic rings. The number of aromatic nitrogens is 1. The molecule has 1 aliphatic carbocycles. The molecule has 2 rings (SSSR count). The monoisotopic (exact) mass is 332 g/mol. The summed E-state index contributed by atoms with van der Waals surface area (Å²) in [5, 5.41) is 8.86. The van der Waals surface area contributed by atoms with Crippen molar-refractivity contribution in [2.24, 2.45) is 5.41 Å². The van der Waals surface area contributed by atoms with Gasteiger partial charge < -0.3 is 14.2 Å². The molecule has 126 valence electrons. The predicted molar refractivity (Wildman–Crippen MR) is 78.8 cm³/mol. The third-order valence-corrected chi connectivity index (χ3v) is 4.03. The lowest BCUT2D eigenvalue weighted by Crippen LogP contribution is -2.42. The van der Waals surface area contributed by atoms with Crippen molar-refractivity contribution >= 4 is 17.9 Å². The first-order valence-electron chi connectivity index (χ1n) is 7.07. The van der Waals surface area contributed by atoms with E-state index in [1.807, 2.05) is 6.07 Å². The van der Waals surface area contributed by atoms with Gasteiger partial charge in [0, 0.05) is 6.42 Å². The Hall–Kier alpha value is -2.95. The average Bonchev–Trinajstić information content (AvgIpc) is 2.99. The van der Waals surface area contributed by atoms with Crippen LogP contribution in [0.3, 0.4) is 0 Å². The highest BCUT2D eigenvalue weighted by atomic mass is 16.5. The summed E-state index contributed by atoms with van der Waals surface area (Å²) in [4.78, 5) is 40.7. The number of carbonyl (C=O) groups is 3. The molecule has 0 radical (unpaired) electrons. The minimum absolute atomic E-state index is 0.00469. The van der Waals surface area contributed by atoms with E-state index < -0.39 is 23.3 Å². The smallest absolute Gasteiger partial charge is 0.356 e. The van der Waals surface area contributed by atoms with Gasteiger partial charge in [-0.1, -0.05) is 0 Å². The normalized spacial score (nSPS) is 14.2. The molecule has 8 nitrogen and oxygen atoms in total. The maximum Gasteiger partial charge on any atom is 0.356 e. The number of rotatable bonds is 4. The Morgan fingerprint density at radius 2 is 1.79 bits per heavy atom. The van der Waals surface area contributed by atoms with Crippen LogP contribution in [-0.4, -0.2) is 44.2 Å². The van der Waals surface area contributed by atoms with Gasteiger partial charge in [-0.25, -0.2) is 9.78 Å². The van der Waals surface area contributed by atoms with Crippen LogP contribution in [0, 0.1) is 16.7 Å². The van der Waals surface area contributed by atoms with E-state index in [9.17, 15) is 14.4 Å². The maximum atomic E-state index is 12.3. The Balaban J connectivity index is 2.61. The van der Waals surface area contributed by atoms with Crippen LogP contribution in [0.1, 0.15) is 27.3 Å². The van der Waals surface area contributed by atoms with Gasteiger partial charge in [-0.2, -0.15) is 5.26 Å². The summed E-state index contributed by atoms with van der Waals surface area (Å²) in [6.45, 7) is 0. The first-order chi connectivity index (χ1) is 11.4. The second-order valence-corrected chi connectivity index (χ2v) is 5.35. The Morgan fingerprint density at radius 1 is 1.17 bits per heavy atom. The number of ether oxygens (including phenoxy) is 3. The molecule has 0 N–H and O–H groups in total. The second kappa shape index (κ2) is 6.66. The van der Waals surface area contributed by atoms with E-state index in [4.69, 9.17) is 19.5 Å². The van der Waals surface area contributed by atoms with Crippen LogP contribution in [0.15, 0.2) is 6.07 Å². The van der Waals surface area contributed by atoms with E-state index >= 15 is 0 Å². The highest BCUT2D eigenvalue weighted by Crippen LogP contribution is 2.40. The van der Waals surface area contributed by atoms with Crippen molar-refractivity contribution in [1.29, 1.82) is 5.26 Å². The van der Waals surface area contributed by atoms with Crippen molar-refractivity contribution in [3.8, 4) is 6.07 Å². The molecule has 1 aromatic heterocycles. The molecule has 0 saturated heterocycles. The maximum absolute atomic E-state index is 12.3. The van der Waals surface area contributed by atoms with Gasteiger partial charge in [-0.15, -0.1) is 0 Å².